The van der Waals surface area contributed by atoms with E-state index < -0.39 is 64.0 Å². The standard InChI is InChI=1S/C44H79O12P/c1-3-5-7-9-11-12-13-14-15-16-17-18-19-20-21-25-29-33-43(49)53-37-40(38-55-57(51,52)54-36-39(46)35-45)56-44(50)34-30-26-22-24-28-32-42(48)41(47)31-27-23-10-8-6-4-2/h14-15,17-18,20-21,23,27,39-42,45-48H,3-13,16,19,22,24-26,28-38H2,1-2H3,(H,51,52)/b15-14-,18-17-,21-20-,27-23-/t39-,40+,41-,42-/m0/s1. The van der Waals surface area contributed by atoms with Gasteiger partial charge in [-0.25, -0.2) is 4.57 Å². The molecule has 57 heavy (non-hydrogen) atoms. The number of rotatable bonds is 40. The number of carbonyl (C=O) groups excluding carboxylic acids is 2. The highest BCUT2D eigenvalue weighted by molar-refractivity contribution is 7.47. The number of hydrogen-bond acceptors (Lipinski definition) is 11. The second kappa shape index (κ2) is 39.3. The van der Waals surface area contributed by atoms with E-state index in [2.05, 4.69) is 54.8 Å². The average Bonchev–Trinajstić information content (AvgIpc) is 3.19. The number of unbranched alkanes of at least 4 members (excludes halogenated alkanes) is 14. The fraction of sp³-hybridized carbons (Fsp3) is 0.773. The van der Waals surface area contributed by atoms with Gasteiger partial charge in [0.05, 0.1) is 32.0 Å². The van der Waals surface area contributed by atoms with Crippen LogP contribution in [0.3, 0.4) is 0 Å². The summed E-state index contributed by atoms with van der Waals surface area (Å²) in [4.78, 5) is 35.0. The SMILES string of the molecule is CCCCC/C=C\C[C@H](O)[C@@H](O)CCCCCCCC(=O)O[C@H](COC(=O)CCC/C=C\C/C=C\C/C=C\CCCCCCCC)COP(=O)(O)OC[C@@H](O)CO. The van der Waals surface area contributed by atoms with Crippen LogP contribution in [0, 0.1) is 0 Å². The maximum absolute atomic E-state index is 12.6. The van der Waals surface area contributed by atoms with Gasteiger partial charge in [0, 0.05) is 12.8 Å². The Labute approximate surface area is 344 Å². The number of phosphoric ester groups is 1. The molecule has 5 atom stereocenters. The summed E-state index contributed by atoms with van der Waals surface area (Å²) in [7, 11) is -4.67. The van der Waals surface area contributed by atoms with E-state index in [4.69, 9.17) is 19.1 Å². The Hall–Kier alpha value is -2.15. The number of aliphatic hydroxyl groups is 4. The van der Waals surface area contributed by atoms with Crippen molar-refractivity contribution in [3.05, 3.63) is 48.6 Å². The summed E-state index contributed by atoms with van der Waals surface area (Å²) in [5, 5.41) is 38.7. The Morgan fingerprint density at radius 3 is 1.75 bits per heavy atom. The van der Waals surface area contributed by atoms with Crippen LogP contribution in [0.15, 0.2) is 48.6 Å². The lowest BCUT2D eigenvalue weighted by molar-refractivity contribution is -0.161. The van der Waals surface area contributed by atoms with Crippen LogP contribution in [0.5, 0.6) is 0 Å². The maximum atomic E-state index is 12.6. The van der Waals surface area contributed by atoms with Crippen LogP contribution < -0.4 is 0 Å². The molecule has 0 aliphatic rings. The Morgan fingerprint density at radius 2 is 1.09 bits per heavy atom. The number of esters is 2. The number of aliphatic hydroxyl groups excluding tert-OH is 4. The van der Waals surface area contributed by atoms with Gasteiger partial charge in [0.25, 0.3) is 0 Å². The van der Waals surface area contributed by atoms with Gasteiger partial charge < -0.3 is 34.8 Å². The van der Waals surface area contributed by atoms with Crippen LogP contribution >= 0.6 is 7.82 Å². The highest BCUT2D eigenvalue weighted by Gasteiger charge is 2.27. The van der Waals surface area contributed by atoms with Gasteiger partial charge in [0.1, 0.15) is 12.7 Å². The van der Waals surface area contributed by atoms with Crippen LogP contribution in [0.1, 0.15) is 168 Å². The van der Waals surface area contributed by atoms with Gasteiger partial charge in [0.2, 0.25) is 0 Å². The molecule has 0 saturated carbocycles. The lowest BCUT2D eigenvalue weighted by atomic mass is 10.0. The summed E-state index contributed by atoms with van der Waals surface area (Å²) < 4.78 is 32.6. The van der Waals surface area contributed by atoms with Crippen LogP contribution in [-0.4, -0.2) is 88.1 Å². The Morgan fingerprint density at radius 1 is 0.579 bits per heavy atom. The normalized spacial score (nSPS) is 15.4. The topological polar surface area (TPSA) is 189 Å². The van der Waals surface area contributed by atoms with Crippen molar-refractivity contribution < 1.29 is 58.0 Å². The predicted molar refractivity (Wildman–Crippen MR) is 226 cm³/mol. The van der Waals surface area contributed by atoms with E-state index in [9.17, 15) is 34.4 Å². The van der Waals surface area contributed by atoms with Crippen molar-refractivity contribution in [3.8, 4) is 0 Å². The number of ether oxygens (including phenoxy) is 2. The molecule has 0 fully saturated rings. The van der Waals surface area contributed by atoms with Crippen molar-refractivity contribution in [2.75, 3.05) is 26.4 Å². The summed E-state index contributed by atoms with van der Waals surface area (Å²) >= 11 is 0. The molecular weight excluding hydrogens is 751 g/mol. The van der Waals surface area contributed by atoms with Gasteiger partial charge in [-0.15, -0.1) is 0 Å². The quantitative estimate of drug-likeness (QED) is 0.0171. The first-order chi connectivity index (χ1) is 27.5. The molecule has 1 unspecified atom stereocenters. The number of hydrogen-bond donors (Lipinski definition) is 5. The van der Waals surface area contributed by atoms with Gasteiger partial charge in [0.15, 0.2) is 6.10 Å². The largest absolute Gasteiger partial charge is 0.472 e. The molecule has 0 amide bonds. The average molecular weight is 831 g/mol. The van der Waals surface area contributed by atoms with Crippen LogP contribution in [0.4, 0.5) is 0 Å². The molecule has 0 aromatic carbocycles. The minimum Gasteiger partial charge on any atom is -0.462 e. The molecule has 0 rings (SSSR count). The summed E-state index contributed by atoms with van der Waals surface area (Å²) in [6.07, 6.45) is 33.9. The highest BCUT2D eigenvalue weighted by Crippen LogP contribution is 2.43. The first kappa shape index (κ1) is 54.9. The predicted octanol–water partition coefficient (Wildman–Crippen LogP) is 9.28. The Balaban J connectivity index is 4.50. The van der Waals surface area contributed by atoms with E-state index in [0.717, 1.165) is 64.2 Å². The summed E-state index contributed by atoms with van der Waals surface area (Å²) in [6.45, 7) is 2.07. The van der Waals surface area contributed by atoms with Crippen molar-refractivity contribution >= 4 is 19.8 Å². The van der Waals surface area contributed by atoms with Gasteiger partial charge in [-0.3, -0.25) is 18.6 Å². The molecular formula is C44H79O12P. The van der Waals surface area contributed by atoms with Crippen molar-refractivity contribution in [3.63, 3.8) is 0 Å². The molecule has 0 aliphatic heterocycles. The van der Waals surface area contributed by atoms with Crippen molar-refractivity contribution in [2.45, 2.75) is 192 Å². The van der Waals surface area contributed by atoms with Crippen molar-refractivity contribution in [2.24, 2.45) is 0 Å². The van der Waals surface area contributed by atoms with Gasteiger partial charge in [-0.1, -0.05) is 133 Å². The van der Waals surface area contributed by atoms with E-state index in [-0.39, 0.29) is 19.4 Å². The maximum Gasteiger partial charge on any atom is 0.472 e. The number of carbonyl (C=O) groups is 2. The minimum absolute atomic E-state index is 0.0732. The summed E-state index contributed by atoms with van der Waals surface area (Å²) in [5.74, 6) is -1.10. The number of phosphoric acid groups is 1. The molecule has 5 N–H and O–H groups in total. The molecule has 0 heterocycles. The van der Waals surface area contributed by atoms with Crippen molar-refractivity contribution in [1.29, 1.82) is 0 Å². The fourth-order valence-corrected chi connectivity index (χ4v) is 6.41. The van der Waals surface area contributed by atoms with E-state index in [0.29, 0.717) is 32.1 Å². The van der Waals surface area contributed by atoms with Gasteiger partial charge >= 0.3 is 19.8 Å². The molecule has 0 saturated heterocycles. The smallest absolute Gasteiger partial charge is 0.462 e. The second-order valence-corrected chi connectivity index (χ2v) is 16.1. The molecule has 0 radical (unpaired) electrons. The van der Waals surface area contributed by atoms with E-state index in [1.54, 1.807) is 0 Å². The molecule has 13 heteroatoms. The zero-order chi connectivity index (χ0) is 42.2. The molecule has 332 valence electrons. The fourth-order valence-electron chi connectivity index (χ4n) is 5.62. The molecule has 0 spiro atoms. The monoisotopic (exact) mass is 831 g/mol. The zero-order valence-corrected chi connectivity index (χ0v) is 36.2. The zero-order valence-electron chi connectivity index (χ0n) is 35.3. The molecule has 0 aliphatic carbocycles. The molecule has 12 nitrogen and oxygen atoms in total. The highest BCUT2D eigenvalue weighted by atomic mass is 31.2. The summed E-state index contributed by atoms with van der Waals surface area (Å²) in [6, 6.07) is 0. The Bertz CT molecular complexity index is 1120. The third kappa shape index (κ3) is 37.8. The van der Waals surface area contributed by atoms with E-state index in [1.807, 2.05) is 12.2 Å². The van der Waals surface area contributed by atoms with E-state index in [1.165, 1.54) is 44.9 Å². The summed E-state index contributed by atoms with van der Waals surface area (Å²) in [5.41, 5.74) is 0. The van der Waals surface area contributed by atoms with Crippen LogP contribution in [-0.2, 0) is 32.7 Å². The van der Waals surface area contributed by atoms with Gasteiger partial charge in [-0.05, 0) is 70.6 Å². The number of allylic oxidation sites excluding steroid dienone is 7. The first-order valence-corrected chi connectivity index (χ1v) is 23.3. The first-order valence-electron chi connectivity index (χ1n) is 21.8. The lowest BCUT2D eigenvalue weighted by Crippen LogP contribution is -2.29. The van der Waals surface area contributed by atoms with Crippen molar-refractivity contribution in [1.82, 2.24) is 0 Å². The minimum atomic E-state index is -4.67. The van der Waals surface area contributed by atoms with Crippen LogP contribution in [0.25, 0.3) is 0 Å². The molecule has 0 aromatic rings. The van der Waals surface area contributed by atoms with Crippen LogP contribution in [0.2, 0.25) is 0 Å². The lowest BCUT2D eigenvalue weighted by Gasteiger charge is -2.20. The third-order valence-electron chi connectivity index (χ3n) is 9.16. The third-order valence-corrected chi connectivity index (χ3v) is 10.1. The second-order valence-electron chi connectivity index (χ2n) is 14.7. The Kier molecular flexibility index (Phi) is 37.8. The van der Waals surface area contributed by atoms with E-state index >= 15 is 0 Å². The van der Waals surface area contributed by atoms with Gasteiger partial charge in [-0.2, -0.15) is 0 Å². The molecule has 0 aromatic heterocycles. The molecule has 0 bridgehead atoms.